The van der Waals surface area contributed by atoms with Crippen molar-refractivity contribution in [1.29, 1.82) is 0 Å². The zero-order chi connectivity index (χ0) is 14.9. The van der Waals surface area contributed by atoms with E-state index in [2.05, 4.69) is 4.98 Å². The molecule has 0 aliphatic heterocycles. The molecule has 5 nitrogen and oxygen atoms in total. The van der Waals surface area contributed by atoms with Crippen molar-refractivity contribution < 1.29 is 19.4 Å². The van der Waals surface area contributed by atoms with E-state index in [9.17, 15) is 9.59 Å². The molecule has 0 bridgehead atoms. The highest BCUT2D eigenvalue weighted by Gasteiger charge is 2.20. The van der Waals surface area contributed by atoms with Gasteiger partial charge in [0.2, 0.25) is 0 Å². The fourth-order valence-electron chi connectivity index (χ4n) is 1.76. The maximum Gasteiger partial charge on any atom is 0.354 e. The molecule has 0 saturated carbocycles. The molecule has 1 aromatic carbocycles. The van der Waals surface area contributed by atoms with E-state index >= 15 is 0 Å². The van der Waals surface area contributed by atoms with Crippen LogP contribution < -0.4 is 0 Å². The molecule has 0 saturated heterocycles. The lowest BCUT2D eigenvalue weighted by molar-refractivity contribution is 0.00713. The first kappa shape index (κ1) is 14.0. The summed E-state index contributed by atoms with van der Waals surface area (Å²) >= 11 is 0. The van der Waals surface area contributed by atoms with Gasteiger partial charge in [0.25, 0.3) is 0 Å². The molecule has 20 heavy (non-hydrogen) atoms. The van der Waals surface area contributed by atoms with Gasteiger partial charge < -0.3 is 9.84 Å². The van der Waals surface area contributed by atoms with Gasteiger partial charge in [0, 0.05) is 5.39 Å². The van der Waals surface area contributed by atoms with Crippen LogP contribution in [0.15, 0.2) is 30.3 Å². The molecule has 0 fully saturated rings. The van der Waals surface area contributed by atoms with Crippen LogP contribution in [0.1, 0.15) is 41.6 Å². The summed E-state index contributed by atoms with van der Waals surface area (Å²) in [6.45, 7) is 5.31. The van der Waals surface area contributed by atoms with Crippen LogP contribution in [0.25, 0.3) is 10.9 Å². The summed E-state index contributed by atoms with van der Waals surface area (Å²) in [5.41, 5.74) is -0.125. The van der Waals surface area contributed by atoms with Gasteiger partial charge in [0.05, 0.1) is 11.1 Å². The Kier molecular flexibility index (Phi) is 3.44. The Morgan fingerprint density at radius 1 is 1.15 bits per heavy atom. The third-order valence-corrected chi connectivity index (χ3v) is 2.56. The number of para-hydroxylation sites is 1. The van der Waals surface area contributed by atoms with Crippen LogP contribution in [0.2, 0.25) is 0 Å². The standard InChI is InChI=1S/C15H15NO4/c1-15(2,3)20-14(19)10-6-4-5-9-7-8-11(13(17)18)16-12(9)10/h4-8H,1-3H3,(H,17,18). The lowest BCUT2D eigenvalue weighted by Gasteiger charge is -2.19. The fourth-order valence-corrected chi connectivity index (χ4v) is 1.76. The number of nitrogens with zero attached hydrogens (tertiary/aromatic N) is 1. The molecular weight excluding hydrogens is 258 g/mol. The molecule has 104 valence electrons. The van der Waals surface area contributed by atoms with E-state index in [4.69, 9.17) is 9.84 Å². The number of carboxylic acids is 1. The Labute approximate surface area is 116 Å². The Hall–Kier alpha value is -2.43. The molecule has 0 aliphatic carbocycles. The molecule has 0 spiro atoms. The number of aromatic nitrogens is 1. The maximum absolute atomic E-state index is 12.1. The van der Waals surface area contributed by atoms with E-state index < -0.39 is 17.5 Å². The van der Waals surface area contributed by atoms with Crippen LogP contribution in [0.3, 0.4) is 0 Å². The van der Waals surface area contributed by atoms with Gasteiger partial charge in [-0.2, -0.15) is 0 Å². The van der Waals surface area contributed by atoms with Crippen LogP contribution in [-0.2, 0) is 4.74 Å². The first-order valence-corrected chi connectivity index (χ1v) is 6.14. The Morgan fingerprint density at radius 3 is 2.45 bits per heavy atom. The second kappa shape index (κ2) is 4.92. The number of benzene rings is 1. The number of carboxylic acid groups (broad SMARTS) is 1. The first-order valence-electron chi connectivity index (χ1n) is 6.14. The second-order valence-electron chi connectivity index (χ2n) is 5.38. The number of pyridine rings is 1. The molecule has 0 amide bonds. The van der Waals surface area contributed by atoms with Gasteiger partial charge >= 0.3 is 11.9 Å². The minimum Gasteiger partial charge on any atom is -0.477 e. The number of hydrogen-bond acceptors (Lipinski definition) is 4. The van der Waals surface area contributed by atoms with E-state index in [0.717, 1.165) is 0 Å². The SMILES string of the molecule is CC(C)(C)OC(=O)c1cccc2ccc(C(=O)O)nc12. The molecule has 5 heteroatoms. The number of hydrogen-bond donors (Lipinski definition) is 1. The molecule has 0 radical (unpaired) electrons. The second-order valence-corrected chi connectivity index (χ2v) is 5.38. The number of carbonyl (C=O) groups excluding carboxylic acids is 1. The van der Waals surface area contributed by atoms with Crippen LogP contribution in [0.5, 0.6) is 0 Å². The normalized spacial score (nSPS) is 11.3. The van der Waals surface area contributed by atoms with Crippen molar-refractivity contribution in [1.82, 2.24) is 4.98 Å². The molecule has 1 N–H and O–H groups in total. The smallest absolute Gasteiger partial charge is 0.354 e. The van der Waals surface area contributed by atoms with Gasteiger partial charge in [0.1, 0.15) is 11.3 Å². The Morgan fingerprint density at radius 2 is 1.85 bits per heavy atom. The maximum atomic E-state index is 12.1. The average Bonchev–Trinajstić information content (AvgIpc) is 2.35. The summed E-state index contributed by atoms with van der Waals surface area (Å²) in [6.07, 6.45) is 0. The molecule has 0 aliphatic rings. The van der Waals surface area contributed by atoms with Crippen LogP contribution >= 0.6 is 0 Å². The van der Waals surface area contributed by atoms with E-state index in [-0.39, 0.29) is 11.3 Å². The van der Waals surface area contributed by atoms with Crippen molar-refractivity contribution in [2.75, 3.05) is 0 Å². The largest absolute Gasteiger partial charge is 0.477 e. The summed E-state index contributed by atoms with van der Waals surface area (Å²) < 4.78 is 5.31. The van der Waals surface area contributed by atoms with Gasteiger partial charge in [-0.25, -0.2) is 14.6 Å². The number of rotatable bonds is 2. The van der Waals surface area contributed by atoms with Crippen molar-refractivity contribution in [3.8, 4) is 0 Å². The summed E-state index contributed by atoms with van der Waals surface area (Å²) in [5.74, 6) is -1.65. The minimum atomic E-state index is -1.13. The van der Waals surface area contributed by atoms with Gasteiger partial charge in [-0.1, -0.05) is 18.2 Å². The molecule has 2 rings (SSSR count). The van der Waals surface area contributed by atoms with Gasteiger partial charge in [-0.05, 0) is 32.9 Å². The zero-order valence-electron chi connectivity index (χ0n) is 11.5. The molecule has 1 heterocycles. The third-order valence-electron chi connectivity index (χ3n) is 2.56. The summed E-state index contributed by atoms with van der Waals surface area (Å²) in [5, 5.41) is 9.67. The number of aromatic carboxylic acids is 1. The highest BCUT2D eigenvalue weighted by molar-refractivity contribution is 6.03. The van der Waals surface area contributed by atoms with Crippen molar-refractivity contribution >= 4 is 22.8 Å². The predicted molar refractivity (Wildman–Crippen MR) is 73.9 cm³/mol. The van der Waals surface area contributed by atoms with E-state index in [0.29, 0.717) is 10.9 Å². The molecule has 2 aromatic rings. The summed E-state index contributed by atoms with van der Waals surface area (Å²) in [6, 6.07) is 8.09. The van der Waals surface area contributed by atoms with Crippen LogP contribution in [-0.4, -0.2) is 27.6 Å². The number of fused-ring (bicyclic) bond motifs is 1. The Balaban J connectivity index is 2.55. The molecular formula is C15H15NO4. The highest BCUT2D eigenvalue weighted by atomic mass is 16.6. The van der Waals surface area contributed by atoms with Crippen LogP contribution in [0.4, 0.5) is 0 Å². The monoisotopic (exact) mass is 273 g/mol. The van der Waals surface area contributed by atoms with Gasteiger partial charge in [-0.3, -0.25) is 0 Å². The first-order chi connectivity index (χ1) is 9.28. The third kappa shape index (κ3) is 2.93. The van der Waals surface area contributed by atoms with E-state index in [1.807, 2.05) is 0 Å². The molecule has 0 atom stereocenters. The highest BCUT2D eigenvalue weighted by Crippen LogP contribution is 2.20. The van der Waals surface area contributed by atoms with Crippen molar-refractivity contribution in [2.45, 2.75) is 26.4 Å². The fraction of sp³-hybridized carbons (Fsp3) is 0.267. The summed E-state index contributed by atoms with van der Waals surface area (Å²) in [4.78, 5) is 27.1. The van der Waals surface area contributed by atoms with Gasteiger partial charge in [0.15, 0.2) is 0 Å². The minimum absolute atomic E-state index is 0.103. The number of carbonyl (C=O) groups is 2. The topological polar surface area (TPSA) is 76.5 Å². The van der Waals surface area contributed by atoms with Gasteiger partial charge in [-0.15, -0.1) is 0 Å². The van der Waals surface area contributed by atoms with Crippen LogP contribution in [0, 0.1) is 0 Å². The number of esters is 1. The quantitative estimate of drug-likeness (QED) is 0.851. The van der Waals surface area contributed by atoms with Crippen molar-refractivity contribution in [2.24, 2.45) is 0 Å². The lowest BCUT2D eigenvalue weighted by Crippen LogP contribution is -2.24. The summed E-state index contributed by atoms with van der Waals surface area (Å²) in [7, 11) is 0. The predicted octanol–water partition coefficient (Wildman–Crippen LogP) is 2.89. The average molecular weight is 273 g/mol. The van der Waals surface area contributed by atoms with E-state index in [1.54, 1.807) is 45.0 Å². The Bertz CT molecular complexity index is 686. The zero-order valence-corrected chi connectivity index (χ0v) is 11.5. The molecule has 0 unspecified atom stereocenters. The van der Waals surface area contributed by atoms with Crippen molar-refractivity contribution in [3.63, 3.8) is 0 Å². The lowest BCUT2D eigenvalue weighted by atomic mass is 10.1. The number of ether oxygens (including phenoxy) is 1. The van der Waals surface area contributed by atoms with E-state index in [1.165, 1.54) is 6.07 Å². The van der Waals surface area contributed by atoms with Crippen molar-refractivity contribution in [3.05, 3.63) is 41.6 Å². The molecule has 1 aromatic heterocycles.